The Kier molecular flexibility index (Phi) is 3.73. The summed E-state index contributed by atoms with van der Waals surface area (Å²) in [5.74, 6) is 2.60. The van der Waals surface area contributed by atoms with E-state index >= 15 is 0 Å². The highest BCUT2D eigenvalue weighted by Gasteiger charge is 2.18. The number of rotatable bonds is 2. The third kappa shape index (κ3) is 3.13. The lowest BCUT2D eigenvalue weighted by atomic mass is 10.0. The third-order valence-electron chi connectivity index (χ3n) is 2.27. The quantitative estimate of drug-likeness (QED) is 0.245. The number of hydrogen-bond acceptors (Lipinski definition) is 1. The van der Waals surface area contributed by atoms with E-state index in [1.165, 1.54) is 0 Å². The maximum Gasteiger partial charge on any atom is 0.182 e. The summed E-state index contributed by atoms with van der Waals surface area (Å²) in [6.45, 7) is 5.63. The first-order valence-electron chi connectivity index (χ1n) is 5.28. The van der Waals surface area contributed by atoms with Crippen molar-refractivity contribution in [2.75, 3.05) is 0 Å². The maximum absolute atomic E-state index is 11.8. The standard InChI is InChI=1S/C14H17NO/c1-5-8-12-9-6-7-10-13(12)11-15(16)14(2,3)4/h1,6-7,9-11H,8H2,2-4H3/b15-11-. The van der Waals surface area contributed by atoms with Crippen molar-refractivity contribution in [1.82, 2.24) is 0 Å². The molecule has 0 saturated carbocycles. The molecule has 1 rings (SSSR count). The van der Waals surface area contributed by atoms with Crippen molar-refractivity contribution in [3.8, 4) is 12.3 Å². The van der Waals surface area contributed by atoms with Crippen LogP contribution in [0.2, 0.25) is 0 Å². The van der Waals surface area contributed by atoms with Gasteiger partial charge in [0.05, 0.1) is 0 Å². The molecule has 0 aliphatic heterocycles. The normalized spacial score (nSPS) is 12.2. The zero-order valence-electron chi connectivity index (χ0n) is 10.0. The SMILES string of the molecule is C#CCc1ccccc1/C=[N+](\[O-])C(C)(C)C. The minimum absolute atomic E-state index is 0.427. The molecule has 0 saturated heterocycles. The van der Waals surface area contributed by atoms with Gasteiger partial charge in [0.25, 0.3) is 0 Å². The molecule has 0 aromatic heterocycles. The van der Waals surface area contributed by atoms with Crippen molar-refractivity contribution in [2.45, 2.75) is 32.7 Å². The van der Waals surface area contributed by atoms with E-state index in [2.05, 4.69) is 5.92 Å². The number of benzene rings is 1. The molecule has 2 nitrogen and oxygen atoms in total. The first-order valence-corrected chi connectivity index (χ1v) is 5.28. The molecular weight excluding hydrogens is 198 g/mol. The van der Waals surface area contributed by atoms with Crippen LogP contribution in [-0.4, -0.2) is 16.5 Å². The summed E-state index contributed by atoms with van der Waals surface area (Å²) < 4.78 is 0.961. The molecule has 0 aliphatic carbocycles. The first kappa shape index (κ1) is 12.3. The van der Waals surface area contributed by atoms with Crippen LogP contribution < -0.4 is 0 Å². The van der Waals surface area contributed by atoms with Gasteiger partial charge < -0.3 is 5.21 Å². The Bertz CT molecular complexity index is 433. The monoisotopic (exact) mass is 215 g/mol. The molecule has 1 aromatic carbocycles. The van der Waals surface area contributed by atoms with Gasteiger partial charge in [0.2, 0.25) is 0 Å². The van der Waals surface area contributed by atoms with E-state index in [0.29, 0.717) is 6.42 Å². The molecule has 0 unspecified atom stereocenters. The summed E-state index contributed by atoms with van der Waals surface area (Å²) >= 11 is 0. The van der Waals surface area contributed by atoms with Gasteiger partial charge in [0.1, 0.15) is 0 Å². The Labute approximate surface area is 97.2 Å². The summed E-state index contributed by atoms with van der Waals surface area (Å²) in [5, 5.41) is 11.8. The highest BCUT2D eigenvalue weighted by atomic mass is 16.5. The minimum Gasteiger partial charge on any atom is -0.623 e. The fraction of sp³-hybridized carbons (Fsp3) is 0.357. The largest absolute Gasteiger partial charge is 0.623 e. The van der Waals surface area contributed by atoms with Gasteiger partial charge in [-0.1, -0.05) is 18.2 Å². The molecule has 1 aromatic rings. The molecule has 84 valence electrons. The molecular formula is C14H17NO. The predicted octanol–water partition coefficient (Wildman–Crippen LogP) is 2.59. The number of nitrogens with zero attached hydrogens (tertiary/aromatic N) is 1. The van der Waals surface area contributed by atoms with E-state index in [4.69, 9.17) is 6.42 Å². The average molecular weight is 215 g/mol. The zero-order chi connectivity index (χ0) is 12.2. The van der Waals surface area contributed by atoms with E-state index < -0.39 is 5.54 Å². The lowest BCUT2D eigenvalue weighted by Gasteiger charge is -2.19. The second-order valence-corrected chi connectivity index (χ2v) is 4.71. The van der Waals surface area contributed by atoms with Crippen molar-refractivity contribution in [3.05, 3.63) is 40.6 Å². The lowest BCUT2D eigenvalue weighted by Crippen LogP contribution is -2.29. The van der Waals surface area contributed by atoms with Gasteiger partial charge in [-0.3, -0.25) is 0 Å². The third-order valence-corrected chi connectivity index (χ3v) is 2.27. The van der Waals surface area contributed by atoms with Gasteiger partial charge in [-0.2, -0.15) is 0 Å². The molecule has 0 N–H and O–H groups in total. The number of terminal acetylenes is 1. The summed E-state index contributed by atoms with van der Waals surface area (Å²) in [4.78, 5) is 0. The fourth-order valence-corrected chi connectivity index (χ4v) is 1.25. The molecule has 16 heavy (non-hydrogen) atoms. The predicted molar refractivity (Wildman–Crippen MR) is 67.5 cm³/mol. The van der Waals surface area contributed by atoms with Crippen molar-refractivity contribution in [1.29, 1.82) is 0 Å². The molecule has 0 heterocycles. The van der Waals surface area contributed by atoms with Crippen LogP contribution in [0, 0.1) is 17.6 Å². The van der Waals surface area contributed by atoms with Gasteiger partial charge in [0, 0.05) is 32.8 Å². The Hall–Kier alpha value is -1.75. The van der Waals surface area contributed by atoms with Crippen molar-refractivity contribution in [2.24, 2.45) is 0 Å². The van der Waals surface area contributed by atoms with Crippen LogP contribution in [0.4, 0.5) is 0 Å². The van der Waals surface area contributed by atoms with Crippen LogP contribution in [0.1, 0.15) is 31.9 Å². The maximum atomic E-state index is 11.8. The highest BCUT2D eigenvalue weighted by molar-refractivity contribution is 5.78. The first-order chi connectivity index (χ1) is 7.45. The van der Waals surface area contributed by atoms with Crippen LogP contribution in [0.25, 0.3) is 0 Å². The number of hydroxylamine groups is 1. The van der Waals surface area contributed by atoms with Gasteiger partial charge in [-0.15, -0.1) is 12.3 Å². The van der Waals surface area contributed by atoms with E-state index in [0.717, 1.165) is 15.9 Å². The molecule has 0 spiro atoms. The van der Waals surface area contributed by atoms with Crippen LogP contribution in [0.5, 0.6) is 0 Å². The second-order valence-electron chi connectivity index (χ2n) is 4.71. The van der Waals surface area contributed by atoms with Crippen LogP contribution in [0.3, 0.4) is 0 Å². The summed E-state index contributed by atoms with van der Waals surface area (Å²) in [6, 6.07) is 7.68. The zero-order valence-corrected chi connectivity index (χ0v) is 10.0. The highest BCUT2D eigenvalue weighted by Crippen LogP contribution is 2.10. The van der Waals surface area contributed by atoms with E-state index in [1.807, 2.05) is 45.0 Å². The number of hydrogen-bond donors (Lipinski definition) is 0. The topological polar surface area (TPSA) is 26.1 Å². The molecule has 0 fully saturated rings. The molecule has 0 amide bonds. The Morgan fingerprint density at radius 1 is 1.38 bits per heavy atom. The molecule has 0 radical (unpaired) electrons. The Morgan fingerprint density at radius 3 is 2.56 bits per heavy atom. The van der Waals surface area contributed by atoms with Gasteiger partial charge in [-0.25, -0.2) is 4.74 Å². The van der Waals surface area contributed by atoms with Gasteiger partial charge in [-0.05, 0) is 11.6 Å². The Balaban J connectivity index is 3.11. The van der Waals surface area contributed by atoms with Crippen LogP contribution in [-0.2, 0) is 6.42 Å². The molecule has 0 aliphatic rings. The summed E-state index contributed by atoms with van der Waals surface area (Å²) in [6.07, 6.45) is 7.44. The summed E-state index contributed by atoms with van der Waals surface area (Å²) in [7, 11) is 0. The fourth-order valence-electron chi connectivity index (χ4n) is 1.25. The van der Waals surface area contributed by atoms with Crippen LogP contribution in [0.15, 0.2) is 24.3 Å². The van der Waals surface area contributed by atoms with E-state index in [-0.39, 0.29) is 0 Å². The van der Waals surface area contributed by atoms with Crippen molar-refractivity contribution in [3.63, 3.8) is 0 Å². The van der Waals surface area contributed by atoms with Crippen LogP contribution >= 0.6 is 0 Å². The van der Waals surface area contributed by atoms with Gasteiger partial charge >= 0.3 is 0 Å². The van der Waals surface area contributed by atoms with Crippen molar-refractivity contribution < 1.29 is 4.74 Å². The minimum atomic E-state index is -0.427. The molecule has 2 heteroatoms. The lowest BCUT2D eigenvalue weighted by molar-refractivity contribution is -0.530. The Morgan fingerprint density at radius 2 is 2.00 bits per heavy atom. The molecule has 0 bridgehead atoms. The summed E-state index contributed by atoms with van der Waals surface area (Å²) in [5.41, 5.74) is 1.48. The van der Waals surface area contributed by atoms with Gasteiger partial charge in [0.15, 0.2) is 11.8 Å². The average Bonchev–Trinajstić information content (AvgIpc) is 2.20. The molecule has 0 atom stereocenters. The smallest absolute Gasteiger partial charge is 0.182 e. The van der Waals surface area contributed by atoms with E-state index in [9.17, 15) is 5.21 Å². The van der Waals surface area contributed by atoms with Crippen molar-refractivity contribution >= 4 is 6.21 Å². The second kappa shape index (κ2) is 4.85. The van der Waals surface area contributed by atoms with E-state index in [1.54, 1.807) is 6.21 Å².